The number of hydrogen-bond acceptors (Lipinski definition) is 7. The van der Waals surface area contributed by atoms with Crippen molar-refractivity contribution in [1.82, 2.24) is 19.3 Å². The Morgan fingerprint density at radius 2 is 2.17 bits per heavy atom. The number of rotatable bonds is 7. The number of carbonyl (C=O) groups excluding carboxylic acids is 1. The van der Waals surface area contributed by atoms with Gasteiger partial charge >= 0.3 is 0 Å². The minimum absolute atomic E-state index is 0.0263. The number of thioether (sulfide) groups is 1. The van der Waals surface area contributed by atoms with Gasteiger partial charge in [0, 0.05) is 25.1 Å². The van der Waals surface area contributed by atoms with Crippen LogP contribution in [-0.2, 0) is 36.0 Å². The maximum Gasteiger partial charge on any atom is 0.263 e. The number of anilines is 1. The summed E-state index contributed by atoms with van der Waals surface area (Å²) in [6.45, 7) is 2.69. The first-order valence-electron chi connectivity index (χ1n) is 9.95. The molecular weight excluding hydrogens is 422 g/mol. The Morgan fingerprint density at radius 3 is 2.90 bits per heavy atom. The predicted molar refractivity (Wildman–Crippen MR) is 120 cm³/mol. The van der Waals surface area contributed by atoms with Gasteiger partial charge in [0.15, 0.2) is 5.16 Å². The number of amides is 1. The van der Waals surface area contributed by atoms with Gasteiger partial charge < -0.3 is 10.1 Å². The van der Waals surface area contributed by atoms with Crippen LogP contribution in [0.2, 0.25) is 0 Å². The number of fused-ring (bicyclic) bond motifs is 3. The summed E-state index contributed by atoms with van der Waals surface area (Å²) in [6, 6.07) is 1.82. The zero-order chi connectivity index (χ0) is 21.3. The van der Waals surface area contributed by atoms with Crippen LogP contribution in [0.1, 0.15) is 29.0 Å². The van der Waals surface area contributed by atoms with Crippen molar-refractivity contribution in [3.05, 3.63) is 32.6 Å². The average Bonchev–Trinajstić information content (AvgIpc) is 3.24. The third-order valence-corrected chi connectivity index (χ3v) is 7.32. The molecular formula is C20H25N5O3S2. The van der Waals surface area contributed by atoms with Gasteiger partial charge in [-0.1, -0.05) is 11.8 Å². The Morgan fingerprint density at radius 1 is 1.37 bits per heavy atom. The number of hydrogen-bond donors (Lipinski definition) is 1. The molecule has 3 aromatic rings. The molecule has 1 N–H and O–H groups in total. The maximum absolute atomic E-state index is 13.3. The van der Waals surface area contributed by atoms with E-state index in [-0.39, 0.29) is 17.2 Å². The molecule has 1 aliphatic rings. The summed E-state index contributed by atoms with van der Waals surface area (Å²) in [6.07, 6.45) is 4.23. The molecule has 10 heteroatoms. The number of nitrogens with zero attached hydrogens (tertiary/aromatic N) is 4. The lowest BCUT2D eigenvalue weighted by molar-refractivity contribution is -0.113. The van der Waals surface area contributed by atoms with Crippen molar-refractivity contribution in [2.75, 3.05) is 24.8 Å². The number of ether oxygens (including phenoxy) is 1. The Hall–Kier alpha value is -2.17. The number of nitrogens with one attached hydrogen (secondary N) is 1. The van der Waals surface area contributed by atoms with E-state index in [1.165, 1.54) is 22.2 Å². The fraction of sp³-hybridized carbons (Fsp3) is 0.500. The molecule has 0 spiro atoms. The van der Waals surface area contributed by atoms with Crippen LogP contribution in [-0.4, -0.2) is 44.7 Å². The lowest BCUT2D eigenvalue weighted by Gasteiger charge is -2.13. The molecule has 1 aliphatic carbocycles. The number of carbonyl (C=O) groups is 1. The van der Waals surface area contributed by atoms with Gasteiger partial charge in [0.05, 0.1) is 30.0 Å². The molecule has 0 unspecified atom stereocenters. The monoisotopic (exact) mass is 447 g/mol. The van der Waals surface area contributed by atoms with Crippen molar-refractivity contribution in [3.8, 4) is 0 Å². The van der Waals surface area contributed by atoms with E-state index in [1.807, 2.05) is 13.0 Å². The van der Waals surface area contributed by atoms with Crippen molar-refractivity contribution in [1.29, 1.82) is 0 Å². The lowest BCUT2D eigenvalue weighted by atomic mass is 9.97. The van der Waals surface area contributed by atoms with Gasteiger partial charge in [-0.2, -0.15) is 5.10 Å². The molecule has 0 saturated heterocycles. The first-order valence-corrected chi connectivity index (χ1v) is 11.8. The highest BCUT2D eigenvalue weighted by Gasteiger charge is 2.22. The van der Waals surface area contributed by atoms with Gasteiger partial charge in [0.1, 0.15) is 10.6 Å². The molecule has 0 radical (unpaired) electrons. The number of thiophene rings is 1. The first-order chi connectivity index (χ1) is 14.5. The summed E-state index contributed by atoms with van der Waals surface area (Å²) < 4.78 is 8.48. The largest absolute Gasteiger partial charge is 0.383 e. The molecule has 0 saturated carbocycles. The summed E-state index contributed by atoms with van der Waals surface area (Å²) in [7, 11) is 3.39. The Labute approximate surface area is 182 Å². The molecule has 30 heavy (non-hydrogen) atoms. The molecule has 0 fully saturated rings. The van der Waals surface area contributed by atoms with Gasteiger partial charge in [-0.05, 0) is 38.2 Å². The SMILES string of the molecule is COCCn1c(SCC(=O)Nc2cc(C)nn2C)nc2sc3c(c2c1=O)CCCC3. The van der Waals surface area contributed by atoms with Gasteiger partial charge in [-0.3, -0.25) is 18.8 Å². The Bertz CT molecular complexity index is 1150. The minimum atomic E-state index is -0.166. The fourth-order valence-corrected chi connectivity index (χ4v) is 5.87. The van der Waals surface area contributed by atoms with Crippen LogP contribution in [0.4, 0.5) is 5.82 Å². The first kappa shape index (κ1) is 21.1. The summed E-state index contributed by atoms with van der Waals surface area (Å²) >= 11 is 2.89. The minimum Gasteiger partial charge on any atom is -0.383 e. The molecule has 0 bridgehead atoms. The molecule has 1 amide bonds. The van der Waals surface area contributed by atoms with Gasteiger partial charge in [-0.15, -0.1) is 11.3 Å². The van der Waals surface area contributed by atoms with Crippen molar-refractivity contribution < 1.29 is 9.53 Å². The molecule has 3 aromatic heterocycles. The van der Waals surface area contributed by atoms with E-state index in [2.05, 4.69) is 10.4 Å². The van der Waals surface area contributed by atoms with E-state index in [1.54, 1.807) is 34.7 Å². The third-order valence-electron chi connectivity index (χ3n) is 5.16. The van der Waals surface area contributed by atoms with Crippen LogP contribution in [0.5, 0.6) is 0 Å². The number of methoxy groups -OCH3 is 1. The zero-order valence-corrected chi connectivity index (χ0v) is 19.0. The Balaban J connectivity index is 1.61. The molecule has 160 valence electrons. The molecule has 0 aromatic carbocycles. The molecule has 4 rings (SSSR count). The Kier molecular flexibility index (Phi) is 6.26. The third kappa shape index (κ3) is 4.17. The van der Waals surface area contributed by atoms with Crippen LogP contribution < -0.4 is 10.9 Å². The summed E-state index contributed by atoms with van der Waals surface area (Å²) in [4.78, 5) is 32.6. The highest BCUT2D eigenvalue weighted by atomic mass is 32.2. The zero-order valence-electron chi connectivity index (χ0n) is 17.4. The topological polar surface area (TPSA) is 91.0 Å². The van der Waals surface area contributed by atoms with Gasteiger partial charge in [0.25, 0.3) is 5.56 Å². The van der Waals surface area contributed by atoms with Crippen LogP contribution >= 0.6 is 23.1 Å². The second-order valence-corrected chi connectivity index (χ2v) is 9.39. The van der Waals surface area contributed by atoms with Crippen molar-refractivity contribution in [3.63, 3.8) is 0 Å². The second kappa shape index (κ2) is 8.91. The highest BCUT2D eigenvalue weighted by molar-refractivity contribution is 7.99. The van der Waals surface area contributed by atoms with Crippen molar-refractivity contribution in [2.24, 2.45) is 7.05 Å². The van der Waals surface area contributed by atoms with E-state index < -0.39 is 0 Å². The summed E-state index contributed by atoms with van der Waals surface area (Å²) in [5, 5.41) is 8.40. The summed E-state index contributed by atoms with van der Waals surface area (Å²) in [5.74, 6) is 0.630. The normalized spacial score (nSPS) is 13.6. The lowest BCUT2D eigenvalue weighted by Crippen LogP contribution is -2.26. The van der Waals surface area contributed by atoms with E-state index in [4.69, 9.17) is 9.72 Å². The van der Waals surface area contributed by atoms with E-state index in [0.717, 1.165) is 41.6 Å². The second-order valence-electron chi connectivity index (χ2n) is 7.37. The number of aromatic nitrogens is 4. The van der Waals surface area contributed by atoms with Crippen molar-refractivity contribution in [2.45, 2.75) is 44.3 Å². The highest BCUT2D eigenvalue weighted by Crippen LogP contribution is 2.34. The standard InChI is InChI=1S/C20H25N5O3S2/c1-12-10-15(24(2)23-12)21-16(26)11-29-20-22-18-17(19(27)25(20)8-9-28-3)13-6-4-5-7-14(13)30-18/h10H,4-9,11H2,1-3H3,(H,21,26). The summed E-state index contributed by atoms with van der Waals surface area (Å²) in [5.41, 5.74) is 1.98. The van der Waals surface area contributed by atoms with Gasteiger partial charge in [-0.25, -0.2) is 4.98 Å². The number of aryl methyl sites for hydroxylation is 4. The predicted octanol–water partition coefficient (Wildman–Crippen LogP) is 2.76. The molecule has 8 nitrogen and oxygen atoms in total. The molecule has 0 atom stereocenters. The quantitative estimate of drug-likeness (QED) is 0.442. The van der Waals surface area contributed by atoms with Crippen LogP contribution in [0.3, 0.4) is 0 Å². The van der Waals surface area contributed by atoms with Crippen LogP contribution in [0.15, 0.2) is 16.0 Å². The van der Waals surface area contributed by atoms with E-state index in [9.17, 15) is 9.59 Å². The van der Waals surface area contributed by atoms with Crippen LogP contribution in [0, 0.1) is 6.92 Å². The van der Waals surface area contributed by atoms with Crippen molar-refractivity contribution >= 4 is 45.0 Å². The molecule has 3 heterocycles. The van der Waals surface area contributed by atoms with Gasteiger partial charge in [0.2, 0.25) is 5.91 Å². The smallest absolute Gasteiger partial charge is 0.263 e. The molecule has 0 aliphatic heterocycles. The van der Waals surface area contributed by atoms with E-state index >= 15 is 0 Å². The fourth-order valence-electron chi connectivity index (χ4n) is 3.75. The van der Waals surface area contributed by atoms with Crippen LogP contribution in [0.25, 0.3) is 10.2 Å². The maximum atomic E-state index is 13.3. The average molecular weight is 448 g/mol. The van der Waals surface area contributed by atoms with E-state index in [0.29, 0.717) is 24.1 Å².